The molecule has 3 aromatic carbocycles. The van der Waals surface area contributed by atoms with Crippen molar-refractivity contribution in [2.45, 2.75) is 11.5 Å². The van der Waals surface area contributed by atoms with Crippen LogP contribution in [0.5, 0.6) is 11.5 Å². The number of nitrogens with zero attached hydrogens (tertiary/aromatic N) is 1. The second-order valence-corrected chi connectivity index (χ2v) is 9.21. The number of hydrogen-bond donors (Lipinski definition) is 0. The van der Waals surface area contributed by atoms with Gasteiger partial charge in [-0.05, 0) is 48.5 Å². The lowest BCUT2D eigenvalue weighted by Gasteiger charge is -2.15. The third-order valence-electron chi connectivity index (χ3n) is 4.46. The molecule has 0 amide bonds. The van der Waals surface area contributed by atoms with E-state index in [1.807, 2.05) is 0 Å². The van der Waals surface area contributed by atoms with Crippen LogP contribution in [0.2, 0.25) is 10.0 Å². The molecule has 0 atom stereocenters. The predicted molar refractivity (Wildman–Crippen MR) is 121 cm³/mol. The Balaban J connectivity index is 2.04. The van der Waals surface area contributed by atoms with Gasteiger partial charge in [-0.3, -0.25) is 0 Å². The van der Waals surface area contributed by atoms with Crippen molar-refractivity contribution in [1.82, 2.24) is 0 Å². The predicted octanol–water partition coefficient (Wildman–Crippen LogP) is 6.06. The van der Waals surface area contributed by atoms with Gasteiger partial charge in [-0.25, -0.2) is 12.8 Å². The summed E-state index contributed by atoms with van der Waals surface area (Å²) in [6.07, 6.45) is 1.17. The zero-order chi connectivity index (χ0) is 23.3. The Morgan fingerprint density at radius 1 is 1.09 bits per heavy atom. The van der Waals surface area contributed by atoms with Crippen LogP contribution in [0.3, 0.4) is 0 Å². The van der Waals surface area contributed by atoms with Gasteiger partial charge in [0.15, 0.2) is 11.5 Å². The van der Waals surface area contributed by atoms with Crippen molar-refractivity contribution in [1.29, 1.82) is 5.26 Å². The van der Waals surface area contributed by atoms with Crippen LogP contribution in [-0.2, 0) is 16.4 Å². The van der Waals surface area contributed by atoms with Gasteiger partial charge in [-0.1, -0.05) is 41.4 Å². The minimum absolute atomic E-state index is 0.0850. The number of ether oxygens (including phenoxy) is 2. The van der Waals surface area contributed by atoms with Crippen molar-refractivity contribution in [3.05, 3.63) is 92.6 Å². The summed E-state index contributed by atoms with van der Waals surface area (Å²) >= 11 is 11.9. The average molecular weight is 492 g/mol. The number of nitriles is 1. The molecule has 0 saturated heterocycles. The first kappa shape index (κ1) is 23.6. The quantitative estimate of drug-likeness (QED) is 0.375. The lowest BCUT2D eigenvalue weighted by molar-refractivity contribution is 0.279. The Kier molecular flexibility index (Phi) is 7.41. The molecule has 0 saturated carbocycles. The number of methoxy groups -OCH3 is 1. The second kappa shape index (κ2) is 10.0. The van der Waals surface area contributed by atoms with Crippen molar-refractivity contribution in [3.8, 4) is 17.6 Å². The smallest absolute Gasteiger partial charge is 0.216 e. The molecule has 0 spiro atoms. The summed E-state index contributed by atoms with van der Waals surface area (Å²) in [4.78, 5) is -0.597. The highest BCUT2D eigenvalue weighted by Crippen LogP contribution is 2.35. The Hall–Kier alpha value is -3.05. The zero-order valence-electron chi connectivity index (χ0n) is 16.7. The first-order valence-corrected chi connectivity index (χ1v) is 11.4. The third-order valence-corrected chi connectivity index (χ3v) is 6.75. The number of rotatable bonds is 7. The first-order chi connectivity index (χ1) is 15.3. The van der Waals surface area contributed by atoms with Crippen LogP contribution in [0, 0.1) is 17.1 Å². The molecular weight excluding hydrogens is 476 g/mol. The minimum atomic E-state index is -4.12. The van der Waals surface area contributed by atoms with E-state index in [0.717, 1.165) is 0 Å². The lowest BCUT2D eigenvalue weighted by Crippen LogP contribution is -2.05. The van der Waals surface area contributed by atoms with Gasteiger partial charge >= 0.3 is 0 Å². The molecule has 0 aliphatic rings. The number of para-hydroxylation sites is 1. The fraction of sp³-hybridized carbons (Fsp3) is 0.0870. The first-order valence-electron chi connectivity index (χ1n) is 9.13. The van der Waals surface area contributed by atoms with Crippen molar-refractivity contribution in [3.63, 3.8) is 0 Å². The summed E-state index contributed by atoms with van der Waals surface area (Å²) in [5.74, 6) is -0.145. The summed E-state index contributed by atoms with van der Waals surface area (Å²) in [6.45, 7) is -0.238. The number of sulfone groups is 1. The number of halogens is 3. The highest BCUT2D eigenvalue weighted by Gasteiger charge is 2.22. The van der Waals surface area contributed by atoms with Gasteiger partial charge in [-0.2, -0.15) is 5.26 Å². The van der Waals surface area contributed by atoms with Crippen LogP contribution in [0.4, 0.5) is 4.39 Å². The maximum Gasteiger partial charge on any atom is 0.216 e. The van der Waals surface area contributed by atoms with Crippen LogP contribution in [0.1, 0.15) is 11.1 Å². The van der Waals surface area contributed by atoms with E-state index in [9.17, 15) is 18.1 Å². The summed E-state index contributed by atoms with van der Waals surface area (Å²) < 4.78 is 51.1. The van der Waals surface area contributed by atoms with Gasteiger partial charge in [0.25, 0.3) is 0 Å². The lowest BCUT2D eigenvalue weighted by atomic mass is 10.1. The fourth-order valence-electron chi connectivity index (χ4n) is 2.83. The van der Waals surface area contributed by atoms with E-state index < -0.39 is 20.6 Å². The second-order valence-electron chi connectivity index (χ2n) is 6.45. The Labute approximate surface area is 195 Å². The molecule has 0 radical (unpaired) electrons. The summed E-state index contributed by atoms with van der Waals surface area (Å²) in [5, 5.41) is 10.1. The molecular formula is C23H16Cl2FNO4S. The molecule has 0 unspecified atom stereocenters. The van der Waals surface area contributed by atoms with Crippen LogP contribution < -0.4 is 9.47 Å². The van der Waals surface area contributed by atoms with Crippen molar-refractivity contribution in [2.24, 2.45) is 0 Å². The van der Waals surface area contributed by atoms with Crippen LogP contribution in [0.15, 0.2) is 70.5 Å². The molecule has 0 aliphatic heterocycles. The van der Waals surface area contributed by atoms with Gasteiger partial charge < -0.3 is 9.47 Å². The minimum Gasteiger partial charge on any atom is -0.493 e. The van der Waals surface area contributed by atoms with Crippen LogP contribution >= 0.6 is 23.2 Å². The molecule has 3 aromatic rings. The zero-order valence-corrected chi connectivity index (χ0v) is 19.0. The molecule has 0 aromatic heterocycles. The topological polar surface area (TPSA) is 76.4 Å². The van der Waals surface area contributed by atoms with Crippen molar-refractivity contribution in [2.75, 3.05) is 7.11 Å². The third kappa shape index (κ3) is 5.05. The molecule has 164 valence electrons. The maximum absolute atomic E-state index is 14.1. The van der Waals surface area contributed by atoms with Crippen molar-refractivity contribution < 1.29 is 22.3 Å². The van der Waals surface area contributed by atoms with Gasteiger partial charge in [-0.15, -0.1) is 0 Å². The number of hydrogen-bond acceptors (Lipinski definition) is 5. The molecule has 3 rings (SSSR count). The standard InChI is InChI=1S/C23H16Cl2FNO4S/c1-30-22-7-2-4-15(23(22)31-14-19-20(25)5-3-6-21(19)26)12-18(13-27)32(28,29)17-10-8-16(24)9-11-17/h2-12H,14H2,1H3/b18-12+. The molecule has 0 bridgehead atoms. The number of benzene rings is 3. The van der Waals surface area contributed by atoms with Crippen LogP contribution in [-0.4, -0.2) is 15.5 Å². The van der Waals surface area contributed by atoms with E-state index in [2.05, 4.69) is 0 Å². The fourth-order valence-corrected chi connectivity index (χ4v) is 4.32. The molecule has 5 nitrogen and oxygen atoms in total. The molecule has 0 heterocycles. The maximum atomic E-state index is 14.1. The Morgan fingerprint density at radius 3 is 2.41 bits per heavy atom. The van der Waals surface area contributed by atoms with E-state index in [-0.39, 0.29) is 39.2 Å². The van der Waals surface area contributed by atoms with E-state index in [1.165, 1.54) is 55.7 Å². The van der Waals surface area contributed by atoms with E-state index >= 15 is 0 Å². The number of allylic oxidation sites excluding steroid dienone is 1. The Bertz CT molecular complexity index is 1300. The van der Waals surface area contributed by atoms with Gasteiger partial charge in [0.2, 0.25) is 9.84 Å². The summed E-state index contributed by atoms with van der Waals surface area (Å²) in [5.41, 5.74) is 0.384. The van der Waals surface area contributed by atoms with Crippen LogP contribution in [0.25, 0.3) is 6.08 Å². The van der Waals surface area contributed by atoms with Gasteiger partial charge in [0, 0.05) is 16.1 Å². The highest BCUT2D eigenvalue weighted by atomic mass is 35.5. The molecule has 32 heavy (non-hydrogen) atoms. The SMILES string of the molecule is COc1cccc(/C=C(\C#N)S(=O)(=O)c2ccc(Cl)cc2)c1OCc1c(F)cccc1Cl. The largest absolute Gasteiger partial charge is 0.493 e. The summed E-state index contributed by atoms with van der Waals surface area (Å²) in [6, 6.07) is 16.2. The molecule has 0 aliphatic carbocycles. The normalized spacial score (nSPS) is 11.7. The van der Waals surface area contributed by atoms with E-state index in [4.69, 9.17) is 32.7 Å². The molecule has 0 fully saturated rings. The molecule has 9 heteroatoms. The van der Waals surface area contributed by atoms with E-state index in [0.29, 0.717) is 5.02 Å². The average Bonchev–Trinajstić information content (AvgIpc) is 2.77. The van der Waals surface area contributed by atoms with E-state index in [1.54, 1.807) is 24.3 Å². The van der Waals surface area contributed by atoms with Crippen molar-refractivity contribution >= 4 is 39.1 Å². The van der Waals surface area contributed by atoms with Gasteiger partial charge in [0.05, 0.1) is 17.0 Å². The summed E-state index contributed by atoms with van der Waals surface area (Å²) in [7, 11) is -2.71. The Morgan fingerprint density at radius 2 is 1.78 bits per heavy atom. The highest BCUT2D eigenvalue weighted by molar-refractivity contribution is 7.95. The molecule has 0 N–H and O–H groups in total. The van der Waals surface area contributed by atoms with Gasteiger partial charge in [0.1, 0.15) is 23.4 Å². The monoisotopic (exact) mass is 491 g/mol.